The first-order chi connectivity index (χ1) is 3.56. The number of rotatable bonds is 1. The molecule has 0 nitrogen and oxygen atoms in total. The molecule has 0 aromatic rings. The van der Waals surface area contributed by atoms with Gasteiger partial charge in [-0.05, 0) is 0 Å². The molecule has 0 saturated carbocycles. The van der Waals surface area contributed by atoms with E-state index in [9.17, 15) is 0 Å². The van der Waals surface area contributed by atoms with Crippen LogP contribution in [0.25, 0.3) is 0 Å². The van der Waals surface area contributed by atoms with Crippen LogP contribution in [0.2, 0.25) is 19.3 Å². The summed E-state index contributed by atoms with van der Waals surface area (Å²) < 4.78 is 1.21. The Morgan fingerprint density at radius 1 is 1.25 bits per heavy atom. The third-order valence-corrected chi connectivity index (χ3v) is 4.33. The monoisotopic (exact) mass is 218 g/mol. The van der Waals surface area contributed by atoms with Crippen LogP contribution >= 0.6 is 0 Å². The van der Waals surface area contributed by atoms with Gasteiger partial charge in [0.05, 0.1) is 0 Å². The molecule has 0 heterocycles. The molecular weight excluding hydrogens is 203 g/mol. The SMILES string of the molecule is CC#C[CH2][Sn]([CH3])([CH3])[CH3]. The molecule has 0 fully saturated rings. The molecule has 0 unspecified atom stereocenters. The Hall–Kier alpha value is 0.359. The Morgan fingerprint density at radius 3 is 1.88 bits per heavy atom. The number of hydrogen-bond acceptors (Lipinski definition) is 0. The first kappa shape index (κ1) is 8.36. The van der Waals surface area contributed by atoms with E-state index in [1.807, 2.05) is 6.92 Å². The average molecular weight is 217 g/mol. The van der Waals surface area contributed by atoms with Gasteiger partial charge in [-0.1, -0.05) is 0 Å². The maximum absolute atomic E-state index is 3.13. The quantitative estimate of drug-likeness (QED) is 0.467. The zero-order valence-corrected chi connectivity index (χ0v) is 9.06. The van der Waals surface area contributed by atoms with Crippen LogP contribution in [0.1, 0.15) is 6.92 Å². The van der Waals surface area contributed by atoms with Crippen LogP contribution in [0.4, 0.5) is 0 Å². The molecule has 46 valence electrons. The van der Waals surface area contributed by atoms with Gasteiger partial charge in [0, 0.05) is 0 Å². The second kappa shape index (κ2) is 3.40. The summed E-state index contributed by atoms with van der Waals surface area (Å²) >= 11 is -1.48. The summed E-state index contributed by atoms with van der Waals surface area (Å²) in [5.74, 6) is 6.06. The molecule has 0 aromatic heterocycles. The summed E-state index contributed by atoms with van der Waals surface area (Å²) in [6.07, 6.45) is 0. The molecule has 0 bridgehead atoms. The van der Waals surface area contributed by atoms with E-state index in [1.165, 1.54) is 4.44 Å². The average Bonchev–Trinajstić information content (AvgIpc) is 1.59. The third kappa shape index (κ3) is 6.36. The summed E-state index contributed by atoms with van der Waals surface area (Å²) in [7, 11) is 0. The van der Waals surface area contributed by atoms with Gasteiger partial charge in [-0.3, -0.25) is 0 Å². The molecule has 0 atom stereocenters. The summed E-state index contributed by atoms with van der Waals surface area (Å²) in [6.45, 7) is 1.91. The molecule has 0 radical (unpaired) electrons. The fraction of sp³-hybridized carbons (Fsp3) is 0.714. The first-order valence-corrected chi connectivity index (χ1v) is 13.5. The van der Waals surface area contributed by atoms with E-state index in [0.29, 0.717) is 0 Å². The maximum atomic E-state index is 3.13. The van der Waals surface area contributed by atoms with Crippen LogP contribution in [0.15, 0.2) is 0 Å². The minimum absolute atomic E-state index is 1.21. The normalized spacial score (nSPS) is 10.0. The van der Waals surface area contributed by atoms with Crippen molar-refractivity contribution in [2.24, 2.45) is 0 Å². The van der Waals surface area contributed by atoms with Gasteiger partial charge < -0.3 is 0 Å². The molecule has 0 N–H and O–H groups in total. The Kier molecular flexibility index (Phi) is 3.55. The van der Waals surface area contributed by atoms with Crippen molar-refractivity contribution in [3.05, 3.63) is 0 Å². The zero-order valence-electron chi connectivity index (χ0n) is 6.21. The molecule has 0 saturated heterocycles. The van der Waals surface area contributed by atoms with E-state index < -0.39 is 18.4 Å². The van der Waals surface area contributed by atoms with E-state index >= 15 is 0 Å². The van der Waals surface area contributed by atoms with Gasteiger partial charge in [0.25, 0.3) is 0 Å². The van der Waals surface area contributed by atoms with Crippen molar-refractivity contribution in [2.75, 3.05) is 0 Å². The van der Waals surface area contributed by atoms with Crippen molar-refractivity contribution < 1.29 is 0 Å². The first-order valence-electron chi connectivity index (χ1n) is 2.96. The molecular formula is C7H14Sn. The Bertz CT molecular complexity index is 109. The molecule has 0 aliphatic carbocycles. The van der Waals surface area contributed by atoms with Crippen LogP contribution in [0.5, 0.6) is 0 Å². The minimum atomic E-state index is -1.48. The number of hydrogen-bond donors (Lipinski definition) is 0. The summed E-state index contributed by atoms with van der Waals surface area (Å²) in [4.78, 5) is 7.21. The van der Waals surface area contributed by atoms with Gasteiger partial charge in [-0.15, -0.1) is 0 Å². The van der Waals surface area contributed by atoms with Crippen molar-refractivity contribution in [1.29, 1.82) is 0 Å². The standard InChI is InChI=1S/C4H5.3CH3.Sn/c1-3-4-2;;;;/h1H2,2H3;3*1H3;. The van der Waals surface area contributed by atoms with E-state index in [4.69, 9.17) is 0 Å². The molecule has 0 aliphatic heterocycles. The van der Waals surface area contributed by atoms with E-state index in [0.717, 1.165) is 0 Å². The summed E-state index contributed by atoms with van der Waals surface area (Å²) in [6, 6.07) is 0. The molecule has 0 rings (SSSR count). The predicted octanol–water partition coefficient (Wildman–Crippen LogP) is 2.35. The molecule has 0 aromatic carbocycles. The Morgan fingerprint density at radius 2 is 1.75 bits per heavy atom. The topological polar surface area (TPSA) is 0 Å². The van der Waals surface area contributed by atoms with Crippen molar-refractivity contribution in [2.45, 2.75) is 26.2 Å². The Labute approximate surface area is 56.5 Å². The summed E-state index contributed by atoms with van der Waals surface area (Å²) in [5, 5.41) is 0. The van der Waals surface area contributed by atoms with Crippen molar-refractivity contribution in [3.63, 3.8) is 0 Å². The van der Waals surface area contributed by atoms with Crippen LogP contribution in [0.3, 0.4) is 0 Å². The molecule has 0 spiro atoms. The molecule has 1 heteroatoms. The fourth-order valence-electron chi connectivity index (χ4n) is 0.354. The van der Waals surface area contributed by atoms with Crippen LogP contribution < -0.4 is 0 Å². The van der Waals surface area contributed by atoms with Crippen LogP contribution in [-0.4, -0.2) is 18.4 Å². The Balaban J connectivity index is 3.50. The second-order valence-corrected chi connectivity index (χ2v) is 18.8. The van der Waals surface area contributed by atoms with Crippen LogP contribution in [-0.2, 0) is 0 Å². The molecule has 0 aliphatic rings. The van der Waals surface area contributed by atoms with Gasteiger partial charge in [-0.2, -0.15) is 0 Å². The van der Waals surface area contributed by atoms with Crippen molar-refractivity contribution >= 4 is 18.4 Å². The van der Waals surface area contributed by atoms with Gasteiger partial charge in [-0.25, -0.2) is 0 Å². The van der Waals surface area contributed by atoms with Crippen molar-refractivity contribution in [3.8, 4) is 11.8 Å². The fourth-order valence-corrected chi connectivity index (χ4v) is 2.37. The summed E-state index contributed by atoms with van der Waals surface area (Å²) in [5.41, 5.74) is 0. The van der Waals surface area contributed by atoms with Crippen LogP contribution in [0, 0.1) is 11.8 Å². The second-order valence-electron chi connectivity index (χ2n) is 3.16. The molecule has 8 heavy (non-hydrogen) atoms. The van der Waals surface area contributed by atoms with Gasteiger partial charge in [0.1, 0.15) is 0 Å². The zero-order chi connectivity index (χ0) is 6.62. The molecule has 0 amide bonds. The van der Waals surface area contributed by atoms with Crippen molar-refractivity contribution in [1.82, 2.24) is 0 Å². The van der Waals surface area contributed by atoms with E-state index in [2.05, 4.69) is 26.7 Å². The van der Waals surface area contributed by atoms with Gasteiger partial charge in [0.15, 0.2) is 0 Å². The van der Waals surface area contributed by atoms with E-state index in [1.54, 1.807) is 0 Å². The predicted molar refractivity (Wildman–Crippen MR) is 41.6 cm³/mol. The van der Waals surface area contributed by atoms with E-state index in [-0.39, 0.29) is 0 Å². The third-order valence-electron chi connectivity index (χ3n) is 0.795. The van der Waals surface area contributed by atoms with Gasteiger partial charge in [0.2, 0.25) is 0 Å². The van der Waals surface area contributed by atoms with Gasteiger partial charge >= 0.3 is 56.4 Å².